The van der Waals surface area contributed by atoms with Crippen LogP contribution < -0.4 is 5.56 Å². The van der Waals surface area contributed by atoms with Crippen molar-refractivity contribution in [1.82, 2.24) is 9.97 Å². The summed E-state index contributed by atoms with van der Waals surface area (Å²) in [6.07, 6.45) is 0.443. The number of aromatic nitrogens is 2. The number of carbonyl (C=O) groups is 1. The van der Waals surface area contributed by atoms with Crippen molar-refractivity contribution in [3.63, 3.8) is 0 Å². The van der Waals surface area contributed by atoms with Gasteiger partial charge in [-0.2, -0.15) is 5.26 Å². The molecule has 2 heterocycles. The lowest BCUT2D eigenvalue weighted by Crippen LogP contribution is -2.17. The number of Topliss-reactive ketones (excluding diaryl/α,β-unsaturated/α-hetero) is 1. The minimum Gasteiger partial charge on any atom is -0.300 e. The first kappa shape index (κ1) is 14.5. The van der Waals surface area contributed by atoms with Gasteiger partial charge >= 0.3 is 0 Å². The monoisotopic (exact) mass is 305 g/mol. The number of carbonyl (C=O) groups excluding carboxylic acids is 1. The van der Waals surface area contributed by atoms with E-state index in [0.29, 0.717) is 17.3 Å². The van der Waals surface area contributed by atoms with Crippen LogP contribution >= 0.6 is 23.1 Å². The summed E-state index contributed by atoms with van der Waals surface area (Å²) in [6, 6.07) is 5.73. The minimum atomic E-state index is -0.458. The van der Waals surface area contributed by atoms with Gasteiger partial charge in [0.25, 0.3) is 5.56 Å². The number of nitrogens with zero attached hydrogens (tertiary/aromatic N) is 2. The highest BCUT2D eigenvalue weighted by atomic mass is 32.2. The summed E-state index contributed by atoms with van der Waals surface area (Å²) in [5, 5.41) is 11.4. The van der Waals surface area contributed by atoms with Crippen LogP contribution in [0.2, 0.25) is 0 Å². The molecule has 0 bridgehead atoms. The van der Waals surface area contributed by atoms with Gasteiger partial charge in [-0.3, -0.25) is 9.59 Å². The lowest BCUT2D eigenvalue weighted by Gasteiger charge is -2.04. The molecule has 0 amide bonds. The van der Waals surface area contributed by atoms with Crippen LogP contribution in [-0.4, -0.2) is 21.5 Å². The second-order valence-electron chi connectivity index (χ2n) is 4.05. The van der Waals surface area contributed by atoms with Crippen LogP contribution in [0.15, 0.2) is 27.5 Å². The zero-order valence-electron chi connectivity index (χ0n) is 10.7. The first-order valence-corrected chi connectivity index (χ1v) is 7.64. The summed E-state index contributed by atoms with van der Waals surface area (Å²) in [5.41, 5.74) is 0.0236. The molecule has 0 aliphatic heterocycles. The van der Waals surface area contributed by atoms with Gasteiger partial charge in [0.15, 0.2) is 5.16 Å². The van der Waals surface area contributed by atoms with Crippen LogP contribution in [0.4, 0.5) is 0 Å². The van der Waals surface area contributed by atoms with Crippen LogP contribution in [0.1, 0.15) is 23.1 Å². The fourth-order valence-corrected chi connectivity index (χ4v) is 2.95. The van der Waals surface area contributed by atoms with E-state index in [-0.39, 0.29) is 17.1 Å². The van der Waals surface area contributed by atoms with Crippen LogP contribution in [0.25, 0.3) is 0 Å². The highest BCUT2D eigenvalue weighted by Gasteiger charge is 2.13. The Morgan fingerprint density at radius 3 is 3.00 bits per heavy atom. The molecule has 0 saturated carbocycles. The Morgan fingerprint density at radius 2 is 2.40 bits per heavy atom. The van der Waals surface area contributed by atoms with E-state index < -0.39 is 5.56 Å². The van der Waals surface area contributed by atoms with Crippen molar-refractivity contribution in [2.75, 3.05) is 5.75 Å². The fourth-order valence-electron chi connectivity index (χ4n) is 1.56. The number of hydrogen-bond acceptors (Lipinski definition) is 6. The first-order chi connectivity index (χ1) is 9.60. The Bertz CT molecular complexity index is 714. The SMILES string of the molecule is CC(=O)CSc1nc(Cc2cccs2)c(C#N)c(=O)[nH]1. The maximum absolute atomic E-state index is 11.9. The molecule has 2 aromatic heterocycles. The van der Waals surface area contributed by atoms with Gasteiger partial charge in [0.2, 0.25) is 0 Å². The molecule has 102 valence electrons. The number of nitrogens with one attached hydrogen (secondary N) is 1. The summed E-state index contributed by atoms with van der Waals surface area (Å²) >= 11 is 2.71. The van der Waals surface area contributed by atoms with Gasteiger partial charge in [-0.25, -0.2) is 4.98 Å². The van der Waals surface area contributed by atoms with E-state index in [9.17, 15) is 9.59 Å². The third kappa shape index (κ3) is 3.56. The lowest BCUT2D eigenvalue weighted by molar-refractivity contribution is -0.114. The van der Waals surface area contributed by atoms with Crippen molar-refractivity contribution in [1.29, 1.82) is 5.26 Å². The van der Waals surface area contributed by atoms with E-state index in [1.807, 2.05) is 23.6 Å². The van der Waals surface area contributed by atoms with E-state index in [1.165, 1.54) is 18.7 Å². The van der Waals surface area contributed by atoms with Crippen molar-refractivity contribution in [3.8, 4) is 6.07 Å². The summed E-state index contributed by atoms with van der Waals surface area (Å²) in [4.78, 5) is 30.7. The second-order valence-corrected chi connectivity index (χ2v) is 6.05. The van der Waals surface area contributed by atoms with Crippen molar-refractivity contribution < 1.29 is 4.79 Å². The molecule has 20 heavy (non-hydrogen) atoms. The van der Waals surface area contributed by atoms with E-state index >= 15 is 0 Å². The minimum absolute atomic E-state index is 0.00168. The standard InChI is InChI=1S/C13H11N3O2S2/c1-8(17)7-20-13-15-11(5-9-3-2-4-19-9)10(6-14)12(18)16-13/h2-4H,5,7H2,1H3,(H,15,16,18). The van der Waals surface area contributed by atoms with E-state index in [2.05, 4.69) is 9.97 Å². The van der Waals surface area contributed by atoms with Crippen LogP contribution in [-0.2, 0) is 11.2 Å². The molecule has 0 aliphatic carbocycles. The lowest BCUT2D eigenvalue weighted by atomic mass is 10.2. The van der Waals surface area contributed by atoms with Crippen molar-refractivity contribution in [2.24, 2.45) is 0 Å². The van der Waals surface area contributed by atoms with Crippen molar-refractivity contribution >= 4 is 28.9 Å². The van der Waals surface area contributed by atoms with Gasteiger partial charge < -0.3 is 4.98 Å². The number of thiophene rings is 1. The third-order valence-corrected chi connectivity index (χ3v) is 4.31. The van der Waals surface area contributed by atoms with E-state index in [0.717, 1.165) is 4.88 Å². The number of hydrogen-bond donors (Lipinski definition) is 1. The first-order valence-electron chi connectivity index (χ1n) is 5.78. The maximum atomic E-state index is 11.9. The summed E-state index contributed by atoms with van der Waals surface area (Å²) in [7, 11) is 0. The molecule has 0 radical (unpaired) electrons. The highest BCUT2D eigenvalue weighted by molar-refractivity contribution is 7.99. The Morgan fingerprint density at radius 1 is 1.60 bits per heavy atom. The number of nitriles is 1. The van der Waals surface area contributed by atoms with Gasteiger partial charge in [-0.1, -0.05) is 17.8 Å². The zero-order valence-corrected chi connectivity index (χ0v) is 12.3. The van der Waals surface area contributed by atoms with Gasteiger partial charge in [0.1, 0.15) is 17.4 Å². The summed E-state index contributed by atoms with van der Waals surface area (Å²) in [6.45, 7) is 1.47. The molecule has 0 aromatic carbocycles. The molecule has 0 aliphatic rings. The van der Waals surface area contributed by atoms with Gasteiger partial charge in [0, 0.05) is 11.3 Å². The predicted octanol–water partition coefficient (Wildman–Crippen LogP) is 1.97. The molecule has 0 saturated heterocycles. The largest absolute Gasteiger partial charge is 0.300 e. The molecule has 0 spiro atoms. The number of ketones is 1. The van der Waals surface area contributed by atoms with Crippen molar-refractivity contribution in [3.05, 3.63) is 44.0 Å². The van der Waals surface area contributed by atoms with E-state index in [1.54, 1.807) is 11.3 Å². The van der Waals surface area contributed by atoms with Crippen LogP contribution in [0.5, 0.6) is 0 Å². The highest BCUT2D eigenvalue weighted by Crippen LogP contribution is 2.17. The Balaban J connectivity index is 2.35. The third-order valence-electron chi connectivity index (χ3n) is 2.42. The molecule has 2 rings (SSSR count). The van der Waals surface area contributed by atoms with Crippen LogP contribution in [0, 0.1) is 11.3 Å². The molecule has 0 fully saturated rings. The molecule has 1 N–H and O–H groups in total. The maximum Gasteiger partial charge on any atom is 0.269 e. The Hall–Kier alpha value is -1.91. The predicted molar refractivity (Wildman–Crippen MR) is 78.1 cm³/mol. The average molecular weight is 305 g/mol. The number of rotatable bonds is 5. The molecule has 7 heteroatoms. The quantitative estimate of drug-likeness (QED) is 0.674. The van der Waals surface area contributed by atoms with Crippen LogP contribution in [0.3, 0.4) is 0 Å². The zero-order chi connectivity index (χ0) is 14.5. The van der Waals surface area contributed by atoms with E-state index in [4.69, 9.17) is 5.26 Å². The van der Waals surface area contributed by atoms with Crippen molar-refractivity contribution in [2.45, 2.75) is 18.5 Å². The topological polar surface area (TPSA) is 86.6 Å². The normalized spacial score (nSPS) is 10.2. The summed E-state index contributed by atoms with van der Waals surface area (Å²) < 4.78 is 0. The number of H-pyrrole nitrogens is 1. The Labute approximate surface area is 123 Å². The smallest absolute Gasteiger partial charge is 0.269 e. The summed E-state index contributed by atoms with van der Waals surface area (Å²) in [5.74, 6) is 0.245. The average Bonchev–Trinajstić information content (AvgIpc) is 2.89. The second kappa shape index (κ2) is 6.50. The fraction of sp³-hybridized carbons (Fsp3) is 0.231. The molecule has 5 nitrogen and oxygen atoms in total. The molecule has 0 unspecified atom stereocenters. The molecule has 2 aromatic rings. The van der Waals surface area contributed by atoms with Gasteiger partial charge in [-0.05, 0) is 18.4 Å². The molecule has 0 atom stereocenters. The molecular weight excluding hydrogens is 294 g/mol. The van der Waals surface area contributed by atoms with Gasteiger partial charge in [0.05, 0.1) is 11.4 Å². The van der Waals surface area contributed by atoms with Gasteiger partial charge in [-0.15, -0.1) is 11.3 Å². The Kier molecular flexibility index (Phi) is 4.71. The number of thioether (sulfide) groups is 1. The number of aromatic amines is 1. The molecular formula is C13H11N3O2S2.